The zero-order chi connectivity index (χ0) is 19.7. The highest BCUT2D eigenvalue weighted by atomic mass is 127. The molecule has 1 aromatic carbocycles. The van der Waals surface area contributed by atoms with Gasteiger partial charge in [-0.2, -0.15) is 5.10 Å². The summed E-state index contributed by atoms with van der Waals surface area (Å²) in [5, 5.41) is 7.31. The topological polar surface area (TPSA) is 103 Å². The number of primary amides is 1. The lowest BCUT2D eigenvalue weighted by atomic mass is 10.1. The molecule has 3 aromatic rings. The van der Waals surface area contributed by atoms with Crippen LogP contribution in [0.1, 0.15) is 20.8 Å². The van der Waals surface area contributed by atoms with E-state index in [1.54, 1.807) is 18.2 Å². The first kappa shape index (κ1) is 20.1. The van der Waals surface area contributed by atoms with E-state index in [2.05, 4.69) is 31.3 Å². The summed E-state index contributed by atoms with van der Waals surface area (Å²) in [4.78, 5) is 28.8. The maximum absolute atomic E-state index is 12.9. The number of nitrogens with two attached hydrogens (primary N) is 1. The molecule has 0 fully saturated rings. The van der Waals surface area contributed by atoms with Crippen LogP contribution in [0.4, 0.5) is 5.69 Å². The van der Waals surface area contributed by atoms with Gasteiger partial charge in [0, 0.05) is 15.8 Å². The average Bonchev–Trinajstić information content (AvgIpc) is 2.99. The maximum atomic E-state index is 12.9. The predicted molar refractivity (Wildman–Crippen MR) is 115 cm³/mol. The zero-order valence-corrected chi connectivity index (χ0v) is 18.5. The molecule has 0 aliphatic carbocycles. The third kappa shape index (κ3) is 4.26. The van der Waals surface area contributed by atoms with Crippen molar-refractivity contribution in [3.05, 3.63) is 66.0 Å². The van der Waals surface area contributed by atoms with E-state index in [1.807, 2.05) is 22.6 Å². The Morgan fingerprint density at radius 3 is 2.63 bits per heavy atom. The van der Waals surface area contributed by atoms with Crippen LogP contribution >= 0.6 is 61.7 Å². The van der Waals surface area contributed by atoms with Crippen molar-refractivity contribution in [3.63, 3.8) is 0 Å². The van der Waals surface area contributed by atoms with E-state index in [0.29, 0.717) is 13.2 Å². The Kier molecular flexibility index (Phi) is 6.04. The fourth-order valence-electron chi connectivity index (χ4n) is 2.28. The molecule has 0 unspecified atom stereocenters. The molecule has 3 rings (SSSR count). The Morgan fingerprint density at radius 2 is 1.96 bits per heavy atom. The van der Waals surface area contributed by atoms with Crippen molar-refractivity contribution in [2.24, 2.45) is 5.73 Å². The summed E-state index contributed by atoms with van der Waals surface area (Å²) >= 11 is 17.6. The third-order valence-corrected chi connectivity index (χ3v) is 5.01. The number of carbonyl (C=O) groups is 2. The van der Waals surface area contributed by atoms with E-state index >= 15 is 0 Å². The molecule has 0 atom stereocenters. The van der Waals surface area contributed by atoms with Gasteiger partial charge in [0.05, 0.1) is 21.3 Å². The lowest BCUT2D eigenvalue weighted by Gasteiger charge is -2.13. The molecule has 27 heavy (non-hydrogen) atoms. The monoisotopic (exact) mass is 579 g/mol. The minimum Gasteiger partial charge on any atom is -0.366 e. The molecule has 3 N–H and O–H groups in total. The number of amides is 2. The van der Waals surface area contributed by atoms with Crippen molar-refractivity contribution in [2.75, 3.05) is 5.32 Å². The summed E-state index contributed by atoms with van der Waals surface area (Å²) in [6, 6.07) is 7.92. The van der Waals surface area contributed by atoms with Gasteiger partial charge in [-0.1, -0.05) is 23.2 Å². The lowest BCUT2D eigenvalue weighted by molar-refractivity contribution is 0.100. The molecule has 2 heterocycles. The van der Waals surface area contributed by atoms with Gasteiger partial charge in [-0.05, 0) is 62.8 Å². The summed E-state index contributed by atoms with van der Waals surface area (Å²) < 4.78 is 2.39. The van der Waals surface area contributed by atoms with Gasteiger partial charge >= 0.3 is 0 Å². The van der Waals surface area contributed by atoms with E-state index in [0.717, 1.165) is 0 Å². The van der Waals surface area contributed by atoms with Gasteiger partial charge in [-0.3, -0.25) is 9.59 Å². The minimum absolute atomic E-state index is 0.0984. The molecule has 0 bridgehead atoms. The molecule has 0 aliphatic heterocycles. The van der Waals surface area contributed by atoms with Crippen LogP contribution in [0, 0.1) is 3.57 Å². The van der Waals surface area contributed by atoms with E-state index in [4.69, 9.17) is 28.9 Å². The SMILES string of the molecule is NC(=O)c1cc(I)cc(Cl)c1NC(=O)c1cc(Br)nn1-c1ncccc1Cl. The third-order valence-electron chi connectivity index (χ3n) is 3.41. The maximum Gasteiger partial charge on any atom is 0.274 e. The van der Waals surface area contributed by atoms with Crippen molar-refractivity contribution in [1.29, 1.82) is 0 Å². The number of nitrogens with zero attached hydrogens (tertiary/aromatic N) is 3. The Bertz CT molecular complexity index is 1070. The summed E-state index contributed by atoms with van der Waals surface area (Å²) in [5.41, 5.74) is 5.75. The predicted octanol–water partition coefficient (Wildman–Crippen LogP) is 4.29. The molecular formula is C16H9BrCl2IN5O2. The smallest absolute Gasteiger partial charge is 0.274 e. The number of hydrogen-bond acceptors (Lipinski definition) is 4. The molecule has 2 amide bonds. The average molecular weight is 581 g/mol. The number of carbonyl (C=O) groups excluding carboxylic acids is 2. The van der Waals surface area contributed by atoms with E-state index in [-0.39, 0.29) is 27.8 Å². The first-order chi connectivity index (χ1) is 12.8. The van der Waals surface area contributed by atoms with Crippen LogP contribution in [-0.4, -0.2) is 26.6 Å². The van der Waals surface area contributed by atoms with Crippen LogP contribution in [0.2, 0.25) is 10.0 Å². The van der Waals surface area contributed by atoms with Gasteiger partial charge in [0.25, 0.3) is 11.8 Å². The van der Waals surface area contributed by atoms with Crippen molar-refractivity contribution < 1.29 is 9.59 Å². The van der Waals surface area contributed by atoms with Crippen LogP contribution < -0.4 is 11.1 Å². The Morgan fingerprint density at radius 1 is 1.22 bits per heavy atom. The fraction of sp³-hybridized carbons (Fsp3) is 0. The quantitative estimate of drug-likeness (QED) is 0.449. The van der Waals surface area contributed by atoms with Crippen LogP contribution in [-0.2, 0) is 0 Å². The van der Waals surface area contributed by atoms with Gasteiger partial charge in [0.15, 0.2) is 5.82 Å². The second-order valence-electron chi connectivity index (χ2n) is 5.20. The van der Waals surface area contributed by atoms with Gasteiger partial charge in [-0.25, -0.2) is 9.67 Å². The van der Waals surface area contributed by atoms with Gasteiger partial charge < -0.3 is 11.1 Å². The molecule has 0 aliphatic rings. The first-order valence-corrected chi connectivity index (χ1v) is 9.87. The molecule has 7 nitrogen and oxygen atoms in total. The van der Waals surface area contributed by atoms with Crippen molar-refractivity contribution >= 4 is 79.2 Å². The second kappa shape index (κ2) is 8.13. The van der Waals surface area contributed by atoms with E-state index in [9.17, 15) is 9.59 Å². The highest BCUT2D eigenvalue weighted by molar-refractivity contribution is 14.1. The van der Waals surface area contributed by atoms with Crippen molar-refractivity contribution in [3.8, 4) is 5.82 Å². The molecule has 0 saturated heterocycles. The highest BCUT2D eigenvalue weighted by Crippen LogP contribution is 2.30. The number of hydrogen-bond donors (Lipinski definition) is 2. The summed E-state index contributed by atoms with van der Waals surface area (Å²) in [6.07, 6.45) is 1.53. The number of halogens is 4. The van der Waals surface area contributed by atoms with Crippen LogP contribution in [0.25, 0.3) is 5.82 Å². The first-order valence-electron chi connectivity index (χ1n) is 7.24. The second-order valence-corrected chi connectivity index (χ2v) is 8.07. The van der Waals surface area contributed by atoms with Crippen LogP contribution in [0.3, 0.4) is 0 Å². The molecular weight excluding hydrogens is 572 g/mol. The number of anilines is 1. The van der Waals surface area contributed by atoms with Gasteiger partial charge in [-0.15, -0.1) is 0 Å². The van der Waals surface area contributed by atoms with Gasteiger partial charge in [0.1, 0.15) is 10.3 Å². The van der Waals surface area contributed by atoms with Crippen molar-refractivity contribution in [2.45, 2.75) is 0 Å². The zero-order valence-electron chi connectivity index (χ0n) is 13.2. The molecule has 0 spiro atoms. The summed E-state index contributed by atoms with van der Waals surface area (Å²) in [7, 11) is 0. The fourth-order valence-corrected chi connectivity index (χ4v) is 3.93. The number of aromatic nitrogens is 3. The summed E-state index contributed by atoms with van der Waals surface area (Å²) in [5.74, 6) is -1.01. The Labute approximate surface area is 185 Å². The molecule has 2 aromatic heterocycles. The van der Waals surface area contributed by atoms with Gasteiger partial charge in [0.2, 0.25) is 0 Å². The molecule has 138 valence electrons. The Balaban J connectivity index is 2.05. The van der Waals surface area contributed by atoms with Crippen LogP contribution in [0.15, 0.2) is 41.1 Å². The molecule has 0 saturated carbocycles. The normalized spacial score (nSPS) is 10.7. The molecule has 0 radical (unpaired) electrons. The minimum atomic E-state index is -0.715. The summed E-state index contributed by atoms with van der Waals surface area (Å²) in [6.45, 7) is 0. The van der Waals surface area contributed by atoms with E-state index in [1.165, 1.54) is 23.0 Å². The number of benzene rings is 1. The molecule has 11 heteroatoms. The van der Waals surface area contributed by atoms with E-state index < -0.39 is 11.8 Å². The highest BCUT2D eigenvalue weighted by Gasteiger charge is 2.22. The number of rotatable bonds is 4. The standard InChI is InChI=1S/C16H9BrCl2IN5O2/c17-12-6-11(25(24-12)15-9(18)2-1-3-22-15)16(27)23-13-8(14(21)26)4-7(20)5-10(13)19/h1-6H,(H2,21,26)(H,23,27). The lowest BCUT2D eigenvalue weighted by Crippen LogP contribution is -2.21. The van der Waals surface area contributed by atoms with Crippen LogP contribution in [0.5, 0.6) is 0 Å². The largest absolute Gasteiger partial charge is 0.366 e. The Hall–Kier alpha value is -1.69. The number of nitrogens with one attached hydrogen (secondary N) is 1. The number of pyridine rings is 1. The van der Waals surface area contributed by atoms with Crippen molar-refractivity contribution in [1.82, 2.24) is 14.8 Å².